The molecule has 1 amide bonds. The van der Waals surface area contributed by atoms with E-state index < -0.39 is 10.0 Å². The van der Waals surface area contributed by atoms with Crippen molar-refractivity contribution in [2.45, 2.75) is 31.1 Å². The standard InChI is InChI=1S/C19H22N2O4S/c1-14(22)21-17-6-9-19(10-7-17)26(23,24)20-11-12-25-18-8-5-15-3-2-4-16(15)13-18/h5-10,13,20H,2-4,11-12H2,1H3,(H,21,22). The summed E-state index contributed by atoms with van der Waals surface area (Å²) >= 11 is 0. The fourth-order valence-electron chi connectivity index (χ4n) is 2.99. The van der Waals surface area contributed by atoms with E-state index in [1.54, 1.807) is 12.1 Å². The van der Waals surface area contributed by atoms with Gasteiger partial charge in [-0.25, -0.2) is 13.1 Å². The number of carbonyl (C=O) groups excluding carboxylic acids is 1. The van der Waals surface area contributed by atoms with Gasteiger partial charge >= 0.3 is 0 Å². The van der Waals surface area contributed by atoms with E-state index in [1.807, 2.05) is 12.1 Å². The number of aryl methyl sites for hydroxylation is 2. The number of anilines is 1. The highest BCUT2D eigenvalue weighted by Gasteiger charge is 2.14. The highest BCUT2D eigenvalue weighted by Crippen LogP contribution is 2.25. The quantitative estimate of drug-likeness (QED) is 0.729. The average molecular weight is 374 g/mol. The van der Waals surface area contributed by atoms with Gasteiger partial charge in [0.15, 0.2) is 0 Å². The van der Waals surface area contributed by atoms with Gasteiger partial charge in [-0.15, -0.1) is 0 Å². The summed E-state index contributed by atoms with van der Waals surface area (Å²) < 4.78 is 32.7. The Bertz CT molecular complexity index is 892. The number of benzene rings is 2. The molecule has 2 aromatic rings. The predicted octanol–water partition coefficient (Wildman–Crippen LogP) is 2.49. The van der Waals surface area contributed by atoms with Crippen LogP contribution in [0.15, 0.2) is 47.4 Å². The van der Waals surface area contributed by atoms with Gasteiger partial charge < -0.3 is 10.1 Å². The van der Waals surface area contributed by atoms with E-state index in [9.17, 15) is 13.2 Å². The summed E-state index contributed by atoms with van der Waals surface area (Å²) in [5.41, 5.74) is 3.25. The number of carbonyl (C=O) groups is 1. The van der Waals surface area contributed by atoms with Crippen LogP contribution in [0, 0.1) is 0 Å². The Morgan fingerprint density at radius 3 is 2.54 bits per heavy atom. The van der Waals surface area contributed by atoms with Crippen LogP contribution in [0.5, 0.6) is 5.75 Å². The fourth-order valence-corrected chi connectivity index (χ4v) is 4.00. The molecule has 0 aliphatic heterocycles. The lowest BCUT2D eigenvalue weighted by atomic mass is 10.1. The second-order valence-electron chi connectivity index (χ2n) is 6.24. The molecule has 1 aliphatic rings. The van der Waals surface area contributed by atoms with E-state index in [2.05, 4.69) is 16.1 Å². The molecule has 2 N–H and O–H groups in total. The normalized spacial score (nSPS) is 13.3. The lowest BCUT2D eigenvalue weighted by molar-refractivity contribution is -0.114. The van der Waals surface area contributed by atoms with Crippen molar-refractivity contribution < 1.29 is 17.9 Å². The number of amides is 1. The van der Waals surface area contributed by atoms with Gasteiger partial charge in [-0.2, -0.15) is 0 Å². The molecule has 1 aliphatic carbocycles. The van der Waals surface area contributed by atoms with Crippen LogP contribution in [0.2, 0.25) is 0 Å². The van der Waals surface area contributed by atoms with Crippen molar-refractivity contribution in [1.29, 1.82) is 0 Å². The van der Waals surface area contributed by atoms with Crippen molar-refractivity contribution in [1.82, 2.24) is 4.72 Å². The molecule has 26 heavy (non-hydrogen) atoms. The summed E-state index contributed by atoms with van der Waals surface area (Å²) in [6, 6.07) is 12.1. The molecule has 0 fully saturated rings. The van der Waals surface area contributed by atoms with Crippen molar-refractivity contribution >= 4 is 21.6 Å². The molecule has 3 rings (SSSR count). The molecule has 0 unspecified atom stereocenters. The molecular weight excluding hydrogens is 352 g/mol. The van der Waals surface area contributed by atoms with E-state index >= 15 is 0 Å². The second-order valence-corrected chi connectivity index (χ2v) is 8.00. The Hall–Kier alpha value is -2.38. The number of rotatable bonds is 7. The van der Waals surface area contributed by atoms with Gasteiger partial charge in [-0.3, -0.25) is 4.79 Å². The number of ether oxygens (including phenoxy) is 1. The van der Waals surface area contributed by atoms with Gasteiger partial charge in [0.25, 0.3) is 0 Å². The molecule has 0 saturated heterocycles. The fraction of sp³-hybridized carbons (Fsp3) is 0.316. The van der Waals surface area contributed by atoms with E-state index in [0.29, 0.717) is 5.69 Å². The molecule has 7 heteroatoms. The average Bonchev–Trinajstić information content (AvgIpc) is 3.06. The summed E-state index contributed by atoms with van der Waals surface area (Å²) in [7, 11) is -3.61. The van der Waals surface area contributed by atoms with Crippen molar-refractivity contribution in [3.8, 4) is 5.75 Å². The zero-order valence-electron chi connectivity index (χ0n) is 14.6. The Balaban J connectivity index is 1.51. The number of hydrogen-bond acceptors (Lipinski definition) is 4. The van der Waals surface area contributed by atoms with E-state index in [0.717, 1.165) is 18.6 Å². The monoisotopic (exact) mass is 374 g/mol. The van der Waals surface area contributed by atoms with Crippen LogP contribution in [0.3, 0.4) is 0 Å². The Morgan fingerprint density at radius 1 is 1.08 bits per heavy atom. The summed E-state index contributed by atoms with van der Waals surface area (Å²) in [5.74, 6) is 0.562. The van der Waals surface area contributed by atoms with Gasteiger partial charge in [0.1, 0.15) is 12.4 Å². The van der Waals surface area contributed by atoms with Crippen LogP contribution in [-0.4, -0.2) is 27.5 Å². The minimum atomic E-state index is -3.61. The Morgan fingerprint density at radius 2 is 1.81 bits per heavy atom. The topological polar surface area (TPSA) is 84.5 Å². The molecule has 0 aromatic heterocycles. The Kier molecular flexibility index (Phi) is 5.58. The molecule has 2 aromatic carbocycles. The third-order valence-corrected chi connectivity index (χ3v) is 5.69. The van der Waals surface area contributed by atoms with E-state index in [1.165, 1.54) is 36.6 Å². The zero-order chi connectivity index (χ0) is 18.6. The molecule has 0 saturated carbocycles. The van der Waals surface area contributed by atoms with Crippen molar-refractivity contribution in [2.24, 2.45) is 0 Å². The SMILES string of the molecule is CC(=O)Nc1ccc(S(=O)(=O)NCCOc2ccc3c(c2)CCC3)cc1. The first kappa shape index (κ1) is 18.4. The van der Waals surface area contributed by atoms with Crippen LogP contribution >= 0.6 is 0 Å². The maximum Gasteiger partial charge on any atom is 0.240 e. The third kappa shape index (κ3) is 4.62. The molecule has 0 atom stereocenters. The van der Waals surface area contributed by atoms with Crippen LogP contribution in [0.4, 0.5) is 5.69 Å². The lowest BCUT2D eigenvalue weighted by Gasteiger charge is -2.10. The second kappa shape index (κ2) is 7.88. The van der Waals surface area contributed by atoms with Crippen LogP contribution in [0.25, 0.3) is 0 Å². The van der Waals surface area contributed by atoms with Gasteiger partial charge in [-0.1, -0.05) is 6.07 Å². The smallest absolute Gasteiger partial charge is 0.240 e. The molecule has 138 valence electrons. The largest absolute Gasteiger partial charge is 0.492 e. The number of hydrogen-bond donors (Lipinski definition) is 2. The van der Waals surface area contributed by atoms with Crippen LogP contribution < -0.4 is 14.8 Å². The maximum absolute atomic E-state index is 12.3. The van der Waals surface area contributed by atoms with E-state index in [-0.39, 0.29) is 24.0 Å². The first-order valence-electron chi connectivity index (χ1n) is 8.56. The van der Waals surface area contributed by atoms with Crippen molar-refractivity contribution in [3.05, 3.63) is 53.6 Å². The van der Waals surface area contributed by atoms with Crippen molar-refractivity contribution in [2.75, 3.05) is 18.5 Å². The molecule has 0 spiro atoms. The lowest BCUT2D eigenvalue weighted by Crippen LogP contribution is -2.28. The number of nitrogens with one attached hydrogen (secondary N) is 2. The number of sulfonamides is 1. The minimum absolute atomic E-state index is 0.143. The summed E-state index contributed by atoms with van der Waals surface area (Å²) in [5, 5.41) is 2.60. The predicted molar refractivity (Wildman–Crippen MR) is 99.9 cm³/mol. The van der Waals surface area contributed by atoms with Gasteiger partial charge in [0.2, 0.25) is 15.9 Å². The zero-order valence-corrected chi connectivity index (χ0v) is 15.4. The summed E-state index contributed by atoms with van der Waals surface area (Å²) in [6.45, 7) is 1.82. The molecule has 0 heterocycles. The highest BCUT2D eigenvalue weighted by molar-refractivity contribution is 7.89. The van der Waals surface area contributed by atoms with Crippen LogP contribution in [-0.2, 0) is 27.7 Å². The minimum Gasteiger partial charge on any atom is -0.492 e. The third-order valence-electron chi connectivity index (χ3n) is 4.22. The van der Waals surface area contributed by atoms with Gasteiger partial charge in [0, 0.05) is 19.2 Å². The summed E-state index contributed by atoms with van der Waals surface area (Å²) in [4.78, 5) is 11.1. The maximum atomic E-state index is 12.3. The number of fused-ring (bicyclic) bond motifs is 1. The van der Waals surface area contributed by atoms with Crippen LogP contribution in [0.1, 0.15) is 24.5 Å². The first-order valence-corrected chi connectivity index (χ1v) is 10.0. The molecular formula is C19H22N2O4S. The van der Waals surface area contributed by atoms with Gasteiger partial charge in [-0.05, 0) is 66.8 Å². The Labute approximate surface area is 153 Å². The molecule has 0 bridgehead atoms. The molecule has 6 nitrogen and oxygen atoms in total. The highest BCUT2D eigenvalue weighted by atomic mass is 32.2. The first-order chi connectivity index (χ1) is 12.4. The van der Waals surface area contributed by atoms with Gasteiger partial charge in [0.05, 0.1) is 4.90 Å². The van der Waals surface area contributed by atoms with E-state index in [4.69, 9.17) is 4.74 Å². The molecule has 0 radical (unpaired) electrons. The summed E-state index contributed by atoms with van der Waals surface area (Å²) in [6.07, 6.45) is 3.38. The van der Waals surface area contributed by atoms with Crippen molar-refractivity contribution in [3.63, 3.8) is 0 Å².